The molecule has 4 nitrogen and oxygen atoms in total. The summed E-state index contributed by atoms with van der Waals surface area (Å²) in [7, 11) is 0. The third-order valence-corrected chi connectivity index (χ3v) is 2.75. The molecule has 1 aromatic carbocycles. The molecule has 1 aromatic heterocycles. The molecular weight excluding hydrogens is 224 g/mol. The normalized spacial score (nSPS) is 9.78. The monoisotopic (exact) mass is 238 g/mol. The number of nitrogens with two attached hydrogens (primary N) is 1. The van der Waals surface area contributed by atoms with E-state index in [1.165, 1.54) is 0 Å². The Morgan fingerprint density at radius 3 is 2.89 bits per heavy atom. The number of nitrogens with zero attached hydrogens (tertiary/aromatic N) is 2. The first-order chi connectivity index (χ1) is 8.70. The maximum absolute atomic E-state index is 8.79. The van der Waals surface area contributed by atoms with Gasteiger partial charge in [-0.15, -0.1) is 0 Å². The first-order valence-corrected chi connectivity index (χ1v) is 5.64. The minimum Gasteiger partial charge on any atom is -0.398 e. The molecule has 0 radical (unpaired) electrons. The van der Waals surface area contributed by atoms with Crippen molar-refractivity contribution < 1.29 is 0 Å². The van der Waals surface area contributed by atoms with Crippen molar-refractivity contribution in [1.29, 1.82) is 5.26 Å². The Balaban J connectivity index is 2.10. The van der Waals surface area contributed by atoms with Crippen LogP contribution >= 0.6 is 0 Å². The maximum Gasteiger partial charge on any atom is 0.101 e. The summed E-state index contributed by atoms with van der Waals surface area (Å²) in [4.78, 5) is 4.30. The molecule has 2 rings (SSSR count). The van der Waals surface area contributed by atoms with Gasteiger partial charge in [-0.3, -0.25) is 4.98 Å². The molecule has 0 atom stereocenters. The second kappa shape index (κ2) is 5.19. The number of nitrogens with one attached hydrogen (secondary N) is 1. The number of nitrogen functional groups attached to an aromatic ring is 1. The van der Waals surface area contributed by atoms with Crippen LogP contribution in [0.3, 0.4) is 0 Å². The fraction of sp³-hybridized carbons (Fsp3) is 0.143. The molecule has 0 fully saturated rings. The number of hydrogen-bond donors (Lipinski definition) is 2. The van der Waals surface area contributed by atoms with Crippen molar-refractivity contribution in [2.75, 3.05) is 11.1 Å². The van der Waals surface area contributed by atoms with Gasteiger partial charge < -0.3 is 11.1 Å². The van der Waals surface area contributed by atoms with Crippen LogP contribution in [0.5, 0.6) is 0 Å². The molecule has 0 saturated heterocycles. The predicted octanol–water partition coefficient (Wildman–Crippen LogP) is 2.46. The number of aryl methyl sites for hydroxylation is 1. The number of aromatic nitrogens is 1. The third kappa shape index (κ3) is 2.58. The Morgan fingerprint density at radius 1 is 1.39 bits per heavy atom. The quantitative estimate of drug-likeness (QED) is 0.805. The average molecular weight is 238 g/mol. The van der Waals surface area contributed by atoms with E-state index in [-0.39, 0.29) is 0 Å². The van der Waals surface area contributed by atoms with E-state index in [0.29, 0.717) is 17.8 Å². The topological polar surface area (TPSA) is 74.7 Å². The zero-order valence-electron chi connectivity index (χ0n) is 10.1. The van der Waals surface area contributed by atoms with Crippen molar-refractivity contribution in [3.8, 4) is 6.07 Å². The fourth-order valence-electron chi connectivity index (χ4n) is 1.66. The lowest BCUT2D eigenvalue weighted by Gasteiger charge is -2.09. The van der Waals surface area contributed by atoms with E-state index >= 15 is 0 Å². The number of benzene rings is 1. The highest BCUT2D eigenvalue weighted by Crippen LogP contribution is 2.18. The standard InChI is InChI=1S/C14H14N4/c1-10-3-2-6-17-14(10)9-18-12-5-4-11(8-15)13(16)7-12/h2-7,18H,9,16H2,1H3. The van der Waals surface area contributed by atoms with Gasteiger partial charge in [0, 0.05) is 11.9 Å². The summed E-state index contributed by atoms with van der Waals surface area (Å²) in [6.07, 6.45) is 1.77. The highest BCUT2D eigenvalue weighted by molar-refractivity contribution is 5.62. The summed E-state index contributed by atoms with van der Waals surface area (Å²) >= 11 is 0. The zero-order valence-corrected chi connectivity index (χ0v) is 10.1. The van der Waals surface area contributed by atoms with Gasteiger partial charge in [-0.25, -0.2) is 0 Å². The van der Waals surface area contributed by atoms with E-state index in [2.05, 4.69) is 10.3 Å². The first kappa shape index (κ1) is 11.9. The summed E-state index contributed by atoms with van der Waals surface area (Å²) in [6, 6.07) is 11.3. The Labute approximate surface area is 106 Å². The first-order valence-electron chi connectivity index (χ1n) is 5.64. The summed E-state index contributed by atoms with van der Waals surface area (Å²) in [5.41, 5.74) is 9.77. The maximum atomic E-state index is 8.79. The Morgan fingerprint density at radius 2 is 2.22 bits per heavy atom. The summed E-state index contributed by atoms with van der Waals surface area (Å²) in [5, 5.41) is 12.0. The van der Waals surface area contributed by atoms with Crippen molar-refractivity contribution >= 4 is 11.4 Å². The number of anilines is 2. The van der Waals surface area contributed by atoms with E-state index in [1.807, 2.05) is 31.2 Å². The van der Waals surface area contributed by atoms with Crippen LogP contribution in [0.25, 0.3) is 0 Å². The fourth-order valence-corrected chi connectivity index (χ4v) is 1.66. The number of rotatable bonds is 3. The molecule has 0 aliphatic heterocycles. The van der Waals surface area contributed by atoms with Crippen LogP contribution in [0.15, 0.2) is 36.5 Å². The van der Waals surface area contributed by atoms with Gasteiger partial charge in [0.15, 0.2) is 0 Å². The molecule has 1 heterocycles. The minimum atomic E-state index is 0.486. The number of hydrogen-bond acceptors (Lipinski definition) is 4. The third-order valence-electron chi connectivity index (χ3n) is 2.75. The van der Waals surface area contributed by atoms with Crippen molar-refractivity contribution in [2.24, 2.45) is 0 Å². The summed E-state index contributed by atoms with van der Waals surface area (Å²) < 4.78 is 0. The van der Waals surface area contributed by atoms with Crippen LogP contribution < -0.4 is 11.1 Å². The predicted molar refractivity (Wildman–Crippen MR) is 71.9 cm³/mol. The Bertz CT molecular complexity index is 599. The van der Waals surface area contributed by atoms with Crippen molar-refractivity contribution in [1.82, 2.24) is 4.98 Å². The molecule has 0 amide bonds. The molecule has 0 spiro atoms. The van der Waals surface area contributed by atoms with E-state index in [9.17, 15) is 0 Å². The molecule has 2 aromatic rings. The summed E-state index contributed by atoms with van der Waals surface area (Å²) in [5.74, 6) is 0. The number of pyridine rings is 1. The van der Waals surface area contributed by atoms with Crippen LogP contribution in [0.1, 0.15) is 16.8 Å². The smallest absolute Gasteiger partial charge is 0.101 e. The van der Waals surface area contributed by atoms with Crippen LogP contribution in [-0.4, -0.2) is 4.98 Å². The second-order valence-electron chi connectivity index (χ2n) is 4.03. The minimum absolute atomic E-state index is 0.486. The lowest BCUT2D eigenvalue weighted by atomic mass is 10.1. The molecule has 0 aliphatic carbocycles. The molecule has 0 saturated carbocycles. The number of nitriles is 1. The second-order valence-corrected chi connectivity index (χ2v) is 4.03. The highest BCUT2D eigenvalue weighted by atomic mass is 14.9. The van der Waals surface area contributed by atoms with Gasteiger partial charge in [-0.05, 0) is 36.8 Å². The van der Waals surface area contributed by atoms with E-state index in [4.69, 9.17) is 11.0 Å². The van der Waals surface area contributed by atoms with E-state index in [0.717, 1.165) is 16.9 Å². The lowest BCUT2D eigenvalue weighted by Crippen LogP contribution is -2.04. The van der Waals surface area contributed by atoms with Crippen LogP contribution in [0.4, 0.5) is 11.4 Å². The molecule has 3 N–H and O–H groups in total. The Kier molecular flexibility index (Phi) is 3.44. The molecule has 0 bridgehead atoms. The van der Waals surface area contributed by atoms with Gasteiger partial charge in [0.05, 0.1) is 23.5 Å². The van der Waals surface area contributed by atoms with E-state index in [1.54, 1.807) is 18.3 Å². The van der Waals surface area contributed by atoms with Crippen LogP contribution in [-0.2, 0) is 6.54 Å². The molecular formula is C14H14N4. The van der Waals surface area contributed by atoms with Gasteiger partial charge in [-0.1, -0.05) is 6.07 Å². The van der Waals surface area contributed by atoms with Crippen LogP contribution in [0.2, 0.25) is 0 Å². The molecule has 90 valence electrons. The van der Waals surface area contributed by atoms with Crippen molar-refractivity contribution in [3.63, 3.8) is 0 Å². The van der Waals surface area contributed by atoms with Crippen molar-refractivity contribution in [3.05, 3.63) is 53.3 Å². The zero-order chi connectivity index (χ0) is 13.0. The lowest BCUT2D eigenvalue weighted by molar-refractivity contribution is 1.02. The average Bonchev–Trinajstić information content (AvgIpc) is 2.38. The molecule has 0 unspecified atom stereocenters. The van der Waals surface area contributed by atoms with Crippen molar-refractivity contribution in [2.45, 2.75) is 13.5 Å². The Hall–Kier alpha value is -2.54. The van der Waals surface area contributed by atoms with Gasteiger partial charge in [0.2, 0.25) is 0 Å². The SMILES string of the molecule is Cc1cccnc1CNc1ccc(C#N)c(N)c1. The molecule has 0 aliphatic rings. The largest absolute Gasteiger partial charge is 0.398 e. The van der Waals surface area contributed by atoms with Gasteiger partial charge >= 0.3 is 0 Å². The molecule has 18 heavy (non-hydrogen) atoms. The highest BCUT2D eigenvalue weighted by Gasteiger charge is 2.01. The summed E-state index contributed by atoms with van der Waals surface area (Å²) in [6.45, 7) is 2.66. The van der Waals surface area contributed by atoms with Crippen LogP contribution in [0, 0.1) is 18.3 Å². The van der Waals surface area contributed by atoms with Gasteiger partial charge in [-0.2, -0.15) is 5.26 Å². The van der Waals surface area contributed by atoms with Gasteiger partial charge in [0.25, 0.3) is 0 Å². The van der Waals surface area contributed by atoms with E-state index < -0.39 is 0 Å². The molecule has 4 heteroatoms. The van der Waals surface area contributed by atoms with Gasteiger partial charge in [0.1, 0.15) is 6.07 Å².